The average Bonchev–Trinajstić information content (AvgIpc) is 2.92. The molecule has 3 aliphatic heterocycles. The molecule has 0 amide bonds. The van der Waals surface area contributed by atoms with E-state index in [1.54, 1.807) is 0 Å². The molecule has 3 fully saturated rings. The van der Waals surface area contributed by atoms with Crippen molar-refractivity contribution in [1.29, 1.82) is 0 Å². The molecule has 5 heterocycles. The second-order valence-corrected chi connectivity index (χ2v) is 13.9. The van der Waals surface area contributed by atoms with Crippen molar-refractivity contribution in [2.75, 3.05) is 24.6 Å². The molecule has 6 heteroatoms. The summed E-state index contributed by atoms with van der Waals surface area (Å²) >= 11 is 0. The van der Waals surface area contributed by atoms with Gasteiger partial charge in [-0.3, -0.25) is 0 Å². The third kappa shape index (κ3) is 3.36. The van der Waals surface area contributed by atoms with Gasteiger partial charge in [-0.1, -0.05) is 19.6 Å². The van der Waals surface area contributed by atoms with E-state index in [9.17, 15) is 0 Å². The molecule has 0 spiro atoms. The maximum absolute atomic E-state index is 5.86. The van der Waals surface area contributed by atoms with Crippen LogP contribution in [0.1, 0.15) is 6.42 Å². The Morgan fingerprint density at radius 3 is 2.75 bits per heavy atom. The number of rotatable bonds is 6. The molecular weight excluding hydrogens is 318 g/mol. The SMILES string of the molecule is C[Si](C)(C)CCOCn1ccc2cc(N3CC4CC(C3)O4)cnc21. The van der Waals surface area contributed by atoms with Crippen LogP contribution in [0.2, 0.25) is 25.7 Å². The zero-order valence-electron chi connectivity index (χ0n) is 14.9. The number of pyridine rings is 1. The normalized spacial score (nSPS) is 23.5. The Labute approximate surface area is 144 Å². The predicted octanol–water partition coefficient (Wildman–Crippen LogP) is 3.33. The first-order valence-electron chi connectivity index (χ1n) is 8.91. The van der Waals surface area contributed by atoms with Crippen molar-refractivity contribution in [2.45, 2.75) is 51.0 Å². The third-order valence-corrected chi connectivity index (χ3v) is 6.64. The predicted molar refractivity (Wildman–Crippen MR) is 99.3 cm³/mol. The Balaban J connectivity index is 1.41. The molecule has 2 aromatic rings. The van der Waals surface area contributed by atoms with Crippen LogP contribution in [0.5, 0.6) is 0 Å². The topological polar surface area (TPSA) is 39.5 Å². The van der Waals surface area contributed by atoms with Gasteiger partial charge >= 0.3 is 0 Å². The second kappa shape index (κ2) is 6.17. The zero-order valence-corrected chi connectivity index (χ0v) is 15.9. The monoisotopic (exact) mass is 345 g/mol. The number of hydrogen-bond donors (Lipinski definition) is 0. The Bertz CT molecular complexity index is 709. The highest BCUT2D eigenvalue weighted by Gasteiger charge is 2.38. The summed E-state index contributed by atoms with van der Waals surface area (Å²) in [6.45, 7) is 10.5. The molecule has 0 aromatic carbocycles. The summed E-state index contributed by atoms with van der Waals surface area (Å²) in [5.74, 6) is 0. The van der Waals surface area contributed by atoms with Gasteiger partial charge in [0.05, 0.1) is 24.1 Å². The lowest BCUT2D eigenvalue weighted by Gasteiger charge is -2.47. The summed E-state index contributed by atoms with van der Waals surface area (Å²) in [4.78, 5) is 7.09. The smallest absolute Gasteiger partial charge is 0.141 e. The van der Waals surface area contributed by atoms with Crippen molar-refractivity contribution in [3.05, 3.63) is 24.5 Å². The van der Waals surface area contributed by atoms with E-state index in [0.717, 1.165) is 25.3 Å². The fraction of sp³-hybridized carbons (Fsp3) is 0.611. The van der Waals surface area contributed by atoms with E-state index in [-0.39, 0.29) is 0 Å². The number of piperidine rings is 1. The number of anilines is 1. The Kier molecular flexibility index (Phi) is 4.14. The highest BCUT2D eigenvalue weighted by atomic mass is 28.3. The van der Waals surface area contributed by atoms with Gasteiger partial charge in [0.15, 0.2) is 0 Å². The van der Waals surface area contributed by atoms with Gasteiger partial charge in [0.25, 0.3) is 0 Å². The van der Waals surface area contributed by atoms with E-state index < -0.39 is 8.07 Å². The van der Waals surface area contributed by atoms with E-state index >= 15 is 0 Å². The number of aromatic nitrogens is 2. The fourth-order valence-corrected chi connectivity index (χ4v) is 4.21. The van der Waals surface area contributed by atoms with Crippen molar-refractivity contribution in [3.8, 4) is 0 Å². The highest BCUT2D eigenvalue weighted by Crippen LogP contribution is 2.32. The molecule has 0 saturated carbocycles. The quantitative estimate of drug-likeness (QED) is 0.595. The Hall–Kier alpha value is -1.37. The maximum Gasteiger partial charge on any atom is 0.141 e. The third-order valence-electron chi connectivity index (χ3n) is 4.94. The van der Waals surface area contributed by atoms with Crippen LogP contribution in [0, 0.1) is 0 Å². The van der Waals surface area contributed by atoms with Crippen LogP contribution in [0.25, 0.3) is 11.0 Å². The molecule has 2 aromatic heterocycles. The molecular formula is C18H27N3O2Si. The molecule has 5 rings (SSSR count). The molecule has 3 aliphatic rings. The number of fused-ring (bicyclic) bond motifs is 3. The number of nitrogens with zero attached hydrogens (tertiary/aromatic N) is 3. The van der Waals surface area contributed by atoms with Gasteiger partial charge in [0.2, 0.25) is 0 Å². The first kappa shape index (κ1) is 16.1. The van der Waals surface area contributed by atoms with E-state index in [4.69, 9.17) is 14.5 Å². The van der Waals surface area contributed by atoms with E-state index in [2.05, 4.69) is 47.4 Å². The molecule has 130 valence electrons. The van der Waals surface area contributed by atoms with Crippen molar-refractivity contribution < 1.29 is 9.47 Å². The minimum atomic E-state index is -1.03. The first-order chi connectivity index (χ1) is 11.5. The Morgan fingerprint density at radius 2 is 2.04 bits per heavy atom. The standard InChI is InChI=1S/C18H27N3O2Si/c1-24(2,3)7-6-22-13-20-5-4-14-8-15(10-19-18(14)20)21-11-16-9-17(12-21)23-16/h4-5,8,10,16-17H,6-7,9,11-13H2,1-3H3. The minimum Gasteiger partial charge on any atom is -0.371 e. The van der Waals surface area contributed by atoms with Gasteiger partial charge < -0.3 is 18.9 Å². The molecule has 5 nitrogen and oxygen atoms in total. The molecule has 2 bridgehead atoms. The van der Waals surface area contributed by atoms with Crippen LogP contribution in [-0.2, 0) is 16.2 Å². The number of ether oxygens (including phenoxy) is 2. The van der Waals surface area contributed by atoms with Crippen LogP contribution >= 0.6 is 0 Å². The lowest BCUT2D eigenvalue weighted by molar-refractivity contribution is -0.133. The van der Waals surface area contributed by atoms with Crippen LogP contribution in [0.4, 0.5) is 5.69 Å². The van der Waals surface area contributed by atoms with Crippen molar-refractivity contribution >= 4 is 24.8 Å². The number of hydrogen-bond acceptors (Lipinski definition) is 4. The molecule has 2 atom stereocenters. The van der Waals surface area contributed by atoms with Gasteiger partial charge in [0, 0.05) is 45.8 Å². The van der Waals surface area contributed by atoms with Crippen molar-refractivity contribution in [2.24, 2.45) is 0 Å². The number of morpholine rings is 1. The van der Waals surface area contributed by atoms with Crippen LogP contribution in [-0.4, -0.2) is 49.5 Å². The van der Waals surface area contributed by atoms with E-state index in [1.165, 1.54) is 23.5 Å². The lowest BCUT2D eigenvalue weighted by Crippen LogP contribution is -2.57. The maximum atomic E-state index is 5.86. The summed E-state index contributed by atoms with van der Waals surface area (Å²) in [6, 6.07) is 5.57. The van der Waals surface area contributed by atoms with E-state index in [0.29, 0.717) is 18.9 Å². The lowest BCUT2D eigenvalue weighted by atomic mass is 9.98. The van der Waals surface area contributed by atoms with E-state index in [1.807, 2.05) is 6.20 Å². The van der Waals surface area contributed by atoms with Crippen LogP contribution in [0.3, 0.4) is 0 Å². The fourth-order valence-electron chi connectivity index (χ4n) is 3.45. The average molecular weight is 346 g/mol. The van der Waals surface area contributed by atoms with Gasteiger partial charge in [-0.15, -0.1) is 0 Å². The molecule has 0 N–H and O–H groups in total. The Morgan fingerprint density at radius 1 is 1.29 bits per heavy atom. The van der Waals surface area contributed by atoms with Gasteiger partial charge in [0.1, 0.15) is 12.4 Å². The molecule has 2 unspecified atom stereocenters. The van der Waals surface area contributed by atoms with Gasteiger partial charge in [-0.2, -0.15) is 0 Å². The molecule has 3 saturated heterocycles. The van der Waals surface area contributed by atoms with Crippen LogP contribution < -0.4 is 4.90 Å². The molecule has 0 radical (unpaired) electrons. The zero-order chi connectivity index (χ0) is 16.7. The molecule has 0 aliphatic carbocycles. The van der Waals surface area contributed by atoms with Gasteiger partial charge in [-0.05, 0) is 18.2 Å². The summed E-state index contributed by atoms with van der Waals surface area (Å²) in [7, 11) is -1.03. The summed E-state index contributed by atoms with van der Waals surface area (Å²) < 4.78 is 13.7. The summed E-state index contributed by atoms with van der Waals surface area (Å²) in [5, 5.41) is 1.18. The van der Waals surface area contributed by atoms with Crippen molar-refractivity contribution in [3.63, 3.8) is 0 Å². The molecule has 24 heavy (non-hydrogen) atoms. The minimum absolute atomic E-state index is 0.420. The summed E-state index contributed by atoms with van der Waals surface area (Å²) in [5.41, 5.74) is 2.21. The summed E-state index contributed by atoms with van der Waals surface area (Å²) in [6.07, 6.45) is 6.13. The first-order valence-corrected chi connectivity index (χ1v) is 12.6. The highest BCUT2D eigenvalue weighted by molar-refractivity contribution is 6.76. The second-order valence-electron chi connectivity index (χ2n) is 8.26. The van der Waals surface area contributed by atoms with Crippen molar-refractivity contribution in [1.82, 2.24) is 9.55 Å². The van der Waals surface area contributed by atoms with Gasteiger partial charge in [-0.25, -0.2) is 4.98 Å². The largest absolute Gasteiger partial charge is 0.371 e. The van der Waals surface area contributed by atoms with Crippen LogP contribution in [0.15, 0.2) is 24.5 Å².